The van der Waals surface area contributed by atoms with Crippen molar-refractivity contribution in [3.05, 3.63) is 71.3 Å². The molecule has 27 heavy (non-hydrogen) atoms. The lowest BCUT2D eigenvalue weighted by molar-refractivity contribution is -0.116. The van der Waals surface area contributed by atoms with Crippen LogP contribution >= 0.6 is 11.8 Å². The number of aromatic nitrogens is 2. The smallest absolute Gasteiger partial charge is 0.254 e. The van der Waals surface area contributed by atoms with Crippen molar-refractivity contribution < 1.29 is 9.53 Å². The fraction of sp³-hybridized carbons (Fsp3) is 0.150. The quantitative estimate of drug-likeness (QED) is 0.664. The minimum absolute atomic E-state index is 0.0982. The molecule has 0 bridgehead atoms. The Morgan fingerprint density at radius 3 is 2.44 bits per heavy atom. The summed E-state index contributed by atoms with van der Waals surface area (Å²) in [4.78, 5) is 29.9. The second-order valence-corrected chi connectivity index (χ2v) is 6.63. The van der Waals surface area contributed by atoms with Gasteiger partial charge >= 0.3 is 0 Å². The summed E-state index contributed by atoms with van der Waals surface area (Å²) in [6.45, 7) is -0.0982. The third kappa shape index (κ3) is 4.77. The van der Waals surface area contributed by atoms with Gasteiger partial charge in [-0.25, -0.2) is 4.98 Å². The molecule has 0 saturated carbocycles. The summed E-state index contributed by atoms with van der Waals surface area (Å²) >= 11 is 1.63. The molecule has 0 fully saturated rings. The highest BCUT2D eigenvalue weighted by Crippen LogP contribution is 2.19. The monoisotopic (exact) mass is 381 g/mol. The van der Waals surface area contributed by atoms with E-state index in [-0.39, 0.29) is 18.0 Å². The number of nitrogens with zero attached hydrogens (tertiary/aromatic N) is 2. The number of anilines is 1. The number of methoxy groups -OCH3 is 1. The molecule has 1 aromatic heterocycles. The van der Waals surface area contributed by atoms with Crippen LogP contribution in [0.15, 0.2) is 70.6 Å². The van der Waals surface area contributed by atoms with Crippen molar-refractivity contribution in [3.63, 3.8) is 0 Å². The van der Waals surface area contributed by atoms with Crippen molar-refractivity contribution in [1.29, 1.82) is 0 Å². The number of hydrogen-bond acceptors (Lipinski definition) is 5. The van der Waals surface area contributed by atoms with Crippen LogP contribution in [0.5, 0.6) is 5.75 Å². The molecule has 6 nitrogen and oxygen atoms in total. The lowest BCUT2D eigenvalue weighted by atomic mass is 10.1. The first-order chi connectivity index (χ1) is 13.1. The van der Waals surface area contributed by atoms with Crippen LogP contribution in [0.4, 0.5) is 5.69 Å². The van der Waals surface area contributed by atoms with Gasteiger partial charge in [0.1, 0.15) is 12.3 Å². The molecule has 0 radical (unpaired) electrons. The van der Waals surface area contributed by atoms with E-state index in [4.69, 9.17) is 4.74 Å². The molecule has 0 aliphatic heterocycles. The highest BCUT2D eigenvalue weighted by Gasteiger charge is 2.08. The molecule has 0 unspecified atom stereocenters. The van der Waals surface area contributed by atoms with Gasteiger partial charge in [0.2, 0.25) is 5.91 Å². The molecular weight excluding hydrogens is 362 g/mol. The van der Waals surface area contributed by atoms with E-state index in [9.17, 15) is 9.59 Å². The molecule has 3 aromatic rings. The summed E-state index contributed by atoms with van der Waals surface area (Å²) < 4.78 is 6.40. The van der Waals surface area contributed by atoms with Gasteiger partial charge in [-0.1, -0.05) is 0 Å². The fourth-order valence-corrected chi connectivity index (χ4v) is 2.90. The second kappa shape index (κ2) is 8.55. The topological polar surface area (TPSA) is 73.2 Å². The van der Waals surface area contributed by atoms with E-state index in [0.29, 0.717) is 11.4 Å². The fourth-order valence-electron chi connectivity index (χ4n) is 2.49. The van der Waals surface area contributed by atoms with Crippen LogP contribution in [0.2, 0.25) is 0 Å². The van der Waals surface area contributed by atoms with Gasteiger partial charge in [0, 0.05) is 22.2 Å². The molecule has 1 N–H and O–H groups in total. The average molecular weight is 381 g/mol. The lowest BCUT2D eigenvalue weighted by Crippen LogP contribution is -2.27. The maximum Gasteiger partial charge on any atom is 0.254 e. The van der Waals surface area contributed by atoms with Gasteiger partial charge in [-0.2, -0.15) is 0 Å². The molecule has 7 heteroatoms. The summed E-state index contributed by atoms with van der Waals surface area (Å²) in [5.41, 5.74) is 1.75. The van der Waals surface area contributed by atoms with Gasteiger partial charge in [-0.05, 0) is 54.8 Å². The molecular formula is C20H19N3O3S. The maximum absolute atomic E-state index is 12.3. The van der Waals surface area contributed by atoms with Gasteiger partial charge < -0.3 is 10.1 Å². The summed E-state index contributed by atoms with van der Waals surface area (Å²) in [7, 11) is 1.59. The van der Waals surface area contributed by atoms with Crippen molar-refractivity contribution in [1.82, 2.24) is 9.55 Å². The number of rotatable bonds is 6. The van der Waals surface area contributed by atoms with Crippen LogP contribution in [0.25, 0.3) is 11.3 Å². The predicted molar refractivity (Wildman–Crippen MR) is 107 cm³/mol. The SMILES string of the molecule is COc1ccc(-c2cc(=O)n(CC(=O)Nc3ccc(SC)cc3)cn2)cc1. The number of carbonyl (C=O) groups excluding carboxylic acids is 1. The molecule has 0 aliphatic rings. The van der Waals surface area contributed by atoms with Gasteiger partial charge in [0.05, 0.1) is 19.1 Å². The van der Waals surface area contributed by atoms with E-state index >= 15 is 0 Å². The number of ether oxygens (including phenoxy) is 1. The number of hydrogen-bond donors (Lipinski definition) is 1. The predicted octanol–water partition coefficient (Wildman–Crippen LogP) is 3.28. The Labute approximate surface area is 161 Å². The Morgan fingerprint density at radius 2 is 1.85 bits per heavy atom. The summed E-state index contributed by atoms with van der Waals surface area (Å²) in [5.74, 6) is 0.447. The molecule has 138 valence electrons. The first-order valence-electron chi connectivity index (χ1n) is 8.24. The normalized spacial score (nSPS) is 10.4. The van der Waals surface area contributed by atoms with Crippen LogP contribution in [-0.4, -0.2) is 28.8 Å². The van der Waals surface area contributed by atoms with E-state index in [2.05, 4.69) is 10.3 Å². The Balaban J connectivity index is 1.69. The molecule has 0 aliphatic carbocycles. The summed E-state index contributed by atoms with van der Waals surface area (Å²) in [5, 5.41) is 2.78. The zero-order chi connectivity index (χ0) is 19.2. The Hall–Kier alpha value is -3.06. The number of carbonyl (C=O) groups is 1. The van der Waals surface area contributed by atoms with Crippen molar-refractivity contribution in [2.24, 2.45) is 0 Å². The number of amides is 1. The van der Waals surface area contributed by atoms with Crippen LogP contribution in [0, 0.1) is 0 Å². The number of thioether (sulfide) groups is 1. The van der Waals surface area contributed by atoms with Gasteiger partial charge in [0.25, 0.3) is 5.56 Å². The third-order valence-corrected chi connectivity index (χ3v) is 4.70. The first-order valence-corrected chi connectivity index (χ1v) is 9.46. The minimum Gasteiger partial charge on any atom is -0.497 e. The summed E-state index contributed by atoms with van der Waals surface area (Å²) in [6, 6.07) is 16.2. The van der Waals surface area contributed by atoms with E-state index in [1.807, 2.05) is 42.7 Å². The van der Waals surface area contributed by atoms with Gasteiger partial charge in [-0.15, -0.1) is 11.8 Å². The van der Waals surface area contributed by atoms with Crippen LogP contribution in [0.1, 0.15) is 0 Å². The third-order valence-electron chi connectivity index (χ3n) is 3.95. The molecule has 2 aromatic carbocycles. The Kier molecular flexibility index (Phi) is 5.93. The average Bonchev–Trinajstić information content (AvgIpc) is 2.70. The van der Waals surface area contributed by atoms with Crippen molar-refractivity contribution in [3.8, 4) is 17.0 Å². The van der Waals surface area contributed by atoms with Crippen molar-refractivity contribution in [2.75, 3.05) is 18.7 Å². The number of benzene rings is 2. The first kappa shape index (κ1) is 18.7. The van der Waals surface area contributed by atoms with E-state index in [1.165, 1.54) is 17.0 Å². The van der Waals surface area contributed by atoms with E-state index in [1.54, 1.807) is 31.0 Å². The minimum atomic E-state index is -0.288. The highest BCUT2D eigenvalue weighted by molar-refractivity contribution is 7.98. The maximum atomic E-state index is 12.3. The highest BCUT2D eigenvalue weighted by atomic mass is 32.2. The molecule has 0 spiro atoms. The lowest BCUT2D eigenvalue weighted by Gasteiger charge is -2.09. The second-order valence-electron chi connectivity index (χ2n) is 5.75. The molecule has 1 heterocycles. The summed E-state index contributed by atoms with van der Waals surface area (Å²) in [6.07, 6.45) is 3.38. The zero-order valence-corrected chi connectivity index (χ0v) is 15.8. The van der Waals surface area contributed by atoms with Crippen LogP contribution < -0.4 is 15.6 Å². The Morgan fingerprint density at radius 1 is 1.15 bits per heavy atom. The van der Waals surface area contributed by atoms with Gasteiger partial charge in [0.15, 0.2) is 0 Å². The molecule has 3 rings (SSSR count). The standard InChI is InChI=1S/C20H19N3O3S/c1-26-16-7-3-14(4-8-16)18-11-20(25)23(13-21-18)12-19(24)22-15-5-9-17(27-2)10-6-15/h3-11,13H,12H2,1-2H3,(H,22,24). The molecule has 1 amide bonds. The number of nitrogens with one attached hydrogen (secondary N) is 1. The van der Waals surface area contributed by atoms with Crippen LogP contribution in [0.3, 0.4) is 0 Å². The Bertz CT molecular complexity index is 983. The largest absolute Gasteiger partial charge is 0.497 e. The van der Waals surface area contributed by atoms with Crippen molar-refractivity contribution >= 4 is 23.4 Å². The zero-order valence-electron chi connectivity index (χ0n) is 15.0. The van der Waals surface area contributed by atoms with Crippen LogP contribution in [-0.2, 0) is 11.3 Å². The molecule has 0 saturated heterocycles. The van der Waals surface area contributed by atoms with Gasteiger partial charge in [-0.3, -0.25) is 14.2 Å². The molecule has 0 atom stereocenters. The van der Waals surface area contributed by atoms with Crippen molar-refractivity contribution in [2.45, 2.75) is 11.4 Å². The van der Waals surface area contributed by atoms with E-state index in [0.717, 1.165) is 16.2 Å². The van der Waals surface area contributed by atoms with E-state index < -0.39 is 0 Å².